The number of aromatic nitrogens is 1. The van der Waals surface area contributed by atoms with Crippen LogP contribution in [0.15, 0.2) is 48.7 Å². The van der Waals surface area contributed by atoms with Crippen LogP contribution >= 0.6 is 11.6 Å². The third-order valence-corrected chi connectivity index (χ3v) is 6.26. The summed E-state index contributed by atoms with van der Waals surface area (Å²) in [5.74, 6) is -4.33. The Morgan fingerprint density at radius 2 is 1.77 bits per heavy atom. The van der Waals surface area contributed by atoms with E-state index in [1.165, 1.54) is 4.90 Å². The number of alkyl halides is 3. The molecule has 0 unspecified atom stereocenters. The minimum atomic E-state index is -4.94. The fourth-order valence-electron chi connectivity index (χ4n) is 3.98. The van der Waals surface area contributed by atoms with E-state index in [2.05, 4.69) is 10.3 Å². The van der Waals surface area contributed by atoms with Gasteiger partial charge in [0.15, 0.2) is 0 Å². The van der Waals surface area contributed by atoms with Crippen LogP contribution in [-0.2, 0) is 10.9 Å². The van der Waals surface area contributed by atoms with E-state index in [1.807, 2.05) is 0 Å². The van der Waals surface area contributed by atoms with E-state index in [0.717, 1.165) is 36.5 Å². The largest absolute Gasteiger partial charge is 0.478 e. The highest BCUT2D eigenvalue weighted by Gasteiger charge is 2.36. The molecule has 14 heteroatoms. The summed E-state index contributed by atoms with van der Waals surface area (Å²) in [6.45, 7) is 1.08. The summed E-state index contributed by atoms with van der Waals surface area (Å²) in [5, 5.41) is 19.3. The number of nitrogens with zero attached hydrogens (tertiary/aromatic N) is 2. The lowest BCUT2D eigenvalue weighted by atomic mass is 10.0. The zero-order valence-corrected chi connectivity index (χ0v) is 21.1. The first-order chi connectivity index (χ1) is 18.9. The summed E-state index contributed by atoms with van der Waals surface area (Å²) in [7, 11) is 0. The molecule has 0 atom stereocenters. The van der Waals surface area contributed by atoms with Crippen molar-refractivity contribution >= 4 is 40.8 Å². The maximum atomic E-state index is 14.8. The van der Waals surface area contributed by atoms with Gasteiger partial charge in [0.2, 0.25) is 0 Å². The van der Waals surface area contributed by atoms with Gasteiger partial charge in [-0.2, -0.15) is 13.2 Å². The first-order valence-electron chi connectivity index (χ1n) is 11.5. The lowest BCUT2D eigenvalue weighted by molar-refractivity contribution is -0.137. The molecule has 2 aromatic carbocycles. The molecule has 1 aromatic heterocycles. The summed E-state index contributed by atoms with van der Waals surface area (Å²) < 4.78 is 60.9. The van der Waals surface area contributed by atoms with Crippen molar-refractivity contribution in [2.75, 3.05) is 31.6 Å². The van der Waals surface area contributed by atoms with Crippen LogP contribution in [0.2, 0.25) is 5.02 Å². The molecule has 208 valence electrons. The van der Waals surface area contributed by atoms with Gasteiger partial charge in [-0.3, -0.25) is 20.0 Å². The summed E-state index contributed by atoms with van der Waals surface area (Å²) >= 11 is 5.95. The van der Waals surface area contributed by atoms with Gasteiger partial charge in [-0.05, 0) is 36.4 Å². The smallest absolute Gasteiger partial charge is 0.417 e. The molecule has 2 amide bonds. The Bertz CT molecular complexity index is 1520. The van der Waals surface area contributed by atoms with Crippen molar-refractivity contribution in [1.82, 2.24) is 9.88 Å². The number of morpholine rings is 1. The Kier molecular flexibility index (Phi) is 8.16. The Morgan fingerprint density at radius 3 is 2.40 bits per heavy atom. The van der Waals surface area contributed by atoms with Gasteiger partial charge in [0.1, 0.15) is 11.5 Å². The van der Waals surface area contributed by atoms with Gasteiger partial charge in [-0.15, -0.1) is 0 Å². The average Bonchev–Trinajstić information content (AvgIpc) is 2.92. The predicted octanol–water partition coefficient (Wildman–Crippen LogP) is 4.73. The number of hydrogen-bond acceptors (Lipinski definition) is 6. The molecule has 1 aliphatic heterocycles. The van der Waals surface area contributed by atoms with Crippen LogP contribution in [-0.4, -0.2) is 64.8 Å². The van der Waals surface area contributed by atoms with Gasteiger partial charge < -0.3 is 20.1 Å². The maximum Gasteiger partial charge on any atom is 0.417 e. The molecule has 3 N–H and O–H groups in total. The first kappa shape index (κ1) is 28.6. The highest BCUT2D eigenvalue weighted by Crippen LogP contribution is 2.35. The molecule has 0 spiro atoms. The molecule has 3 aromatic rings. The Hall–Kier alpha value is -4.36. The number of carbonyl (C=O) groups excluding carboxylic acids is 2. The van der Waals surface area contributed by atoms with Gasteiger partial charge in [0, 0.05) is 24.8 Å². The fraction of sp³-hybridized carbons (Fsp3) is 0.192. The molecule has 1 fully saturated rings. The van der Waals surface area contributed by atoms with Gasteiger partial charge in [-0.1, -0.05) is 17.7 Å². The molecule has 0 aliphatic carbocycles. The molecule has 1 saturated heterocycles. The average molecular weight is 579 g/mol. The fourth-order valence-corrected chi connectivity index (χ4v) is 4.24. The second kappa shape index (κ2) is 11.4. The van der Waals surface area contributed by atoms with Crippen LogP contribution < -0.4 is 5.32 Å². The van der Waals surface area contributed by atoms with E-state index in [1.54, 1.807) is 0 Å². The quantitative estimate of drug-likeness (QED) is 0.286. The number of ether oxygens (including phenoxy) is 1. The van der Waals surface area contributed by atoms with Crippen LogP contribution in [0.3, 0.4) is 0 Å². The monoisotopic (exact) mass is 578 g/mol. The number of carboxylic acid groups (broad SMARTS) is 1. The molecule has 9 nitrogen and oxygen atoms in total. The summed E-state index contributed by atoms with van der Waals surface area (Å²) in [6.07, 6.45) is -3.86. The maximum absolute atomic E-state index is 14.8. The summed E-state index contributed by atoms with van der Waals surface area (Å²) in [5.41, 5.74) is -4.49. The van der Waals surface area contributed by atoms with Crippen molar-refractivity contribution in [3.05, 3.63) is 93.0 Å². The van der Waals surface area contributed by atoms with E-state index in [4.69, 9.17) is 26.9 Å². The number of hydrogen-bond donors (Lipinski definition) is 3. The number of aromatic carboxylic acids is 1. The highest BCUT2D eigenvalue weighted by atomic mass is 35.5. The molecule has 4 rings (SSSR count). The van der Waals surface area contributed by atoms with Gasteiger partial charge in [0.05, 0.1) is 51.9 Å². The molecule has 2 heterocycles. The topological polar surface area (TPSA) is 133 Å². The van der Waals surface area contributed by atoms with Crippen LogP contribution in [0.25, 0.3) is 0 Å². The molecule has 0 saturated carbocycles. The Balaban J connectivity index is 1.79. The van der Waals surface area contributed by atoms with E-state index in [9.17, 15) is 31.9 Å². The molecule has 0 radical (unpaired) electrons. The Labute approximate surface area is 228 Å². The number of rotatable bonds is 6. The van der Waals surface area contributed by atoms with E-state index in [-0.39, 0.29) is 43.1 Å². The van der Waals surface area contributed by atoms with Crippen molar-refractivity contribution in [2.45, 2.75) is 6.18 Å². The van der Waals surface area contributed by atoms with E-state index >= 15 is 0 Å². The van der Waals surface area contributed by atoms with Crippen LogP contribution in [0, 0.1) is 11.2 Å². The van der Waals surface area contributed by atoms with Crippen molar-refractivity contribution in [1.29, 1.82) is 5.41 Å². The number of benzene rings is 2. The number of anilines is 1. The highest BCUT2D eigenvalue weighted by molar-refractivity contribution is 6.34. The normalized spacial score (nSPS) is 13.6. The SMILES string of the molecule is N=C(c1ccc(C(=O)O)cc1F)c1ncc(C(=O)N2CCOCC2)cc1NC(=O)c1c(Cl)cccc1C(F)(F)F. The molecule has 40 heavy (non-hydrogen) atoms. The number of carboxylic acids is 1. The zero-order valence-electron chi connectivity index (χ0n) is 20.3. The van der Waals surface area contributed by atoms with Crippen molar-refractivity contribution in [3.63, 3.8) is 0 Å². The standard InChI is InChI=1S/C26H19ClF4N4O5/c27-17-3-1-2-16(26(29,30)31)20(17)23(36)34-19-11-14(24(37)35-6-8-40-9-7-35)12-33-22(19)21(32)15-5-4-13(25(38)39)10-18(15)28/h1-5,10-12,32H,6-9H2,(H,34,36)(H,38,39). The van der Waals surface area contributed by atoms with Gasteiger partial charge >= 0.3 is 12.1 Å². The molecular weight excluding hydrogens is 560 g/mol. The zero-order chi connectivity index (χ0) is 29.2. The van der Waals surface area contributed by atoms with Crippen LogP contribution in [0.5, 0.6) is 0 Å². The van der Waals surface area contributed by atoms with Crippen molar-refractivity contribution in [3.8, 4) is 0 Å². The van der Waals surface area contributed by atoms with Crippen molar-refractivity contribution < 1.29 is 41.8 Å². The van der Waals surface area contributed by atoms with Gasteiger partial charge in [-0.25, -0.2) is 9.18 Å². The third kappa shape index (κ3) is 5.95. The van der Waals surface area contributed by atoms with Gasteiger partial charge in [0.25, 0.3) is 11.8 Å². The second-order valence-corrected chi connectivity index (χ2v) is 8.92. The lowest BCUT2D eigenvalue weighted by Gasteiger charge is -2.27. The molecule has 1 aliphatic rings. The number of halogens is 5. The lowest BCUT2D eigenvalue weighted by Crippen LogP contribution is -2.40. The summed E-state index contributed by atoms with van der Waals surface area (Å²) in [4.78, 5) is 42.8. The van der Waals surface area contributed by atoms with Crippen molar-refractivity contribution in [2.24, 2.45) is 0 Å². The van der Waals surface area contributed by atoms with Crippen LogP contribution in [0.1, 0.15) is 47.9 Å². The number of nitrogens with one attached hydrogen (secondary N) is 2. The molecular formula is C26H19ClF4N4O5. The molecule has 0 bridgehead atoms. The number of carbonyl (C=O) groups is 3. The minimum absolute atomic E-state index is 0.0642. The second-order valence-electron chi connectivity index (χ2n) is 8.51. The summed E-state index contributed by atoms with van der Waals surface area (Å²) in [6, 6.07) is 6.63. The Morgan fingerprint density at radius 1 is 1.07 bits per heavy atom. The predicted molar refractivity (Wildman–Crippen MR) is 135 cm³/mol. The van der Waals surface area contributed by atoms with E-state index in [0.29, 0.717) is 12.1 Å². The number of pyridine rings is 1. The third-order valence-electron chi connectivity index (χ3n) is 5.95. The van der Waals surface area contributed by atoms with E-state index < -0.39 is 62.9 Å². The minimum Gasteiger partial charge on any atom is -0.478 e. The number of amides is 2. The van der Waals surface area contributed by atoms with Crippen LogP contribution in [0.4, 0.5) is 23.2 Å². The first-order valence-corrected chi connectivity index (χ1v) is 11.9.